The fraction of sp³-hybridized carbons (Fsp3) is 0.286. The lowest BCUT2D eigenvalue weighted by molar-refractivity contribution is -0.119. The fourth-order valence-corrected chi connectivity index (χ4v) is 3.68. The second-order valence-corrected chi connectivity index (χ2v) is 7.92. The van der Waals surface area contributed by atoms with Gasteiger partial charge in [-0.3, -0.25) is 9.36 Å². The minimum atomic E-state index is -0.00963. The van der Waals surface area contributed by atoms with E-state index >= 15 is 0 Å². The van der Waals surface area contributed by atoms with Crippen LogP contribution in [0.25, 0.3) is 5.69 Å². The summed E-state index contributed by atoms with van der Waals surface area (Å²) in [4.78, 5) is 12.2. The molecule has 0 aliphatic rings. The fourth-order valence-electron chi connectivity index (χ4n) is 2.71. The first-order chi connectivity index (χ1) is 13.6. The third-order valence-electron chi connectivity index (χ3n) is 4.32. The molecule has 2 aromatic carbocycles. The van der Waals surface area contributed by atoms with E-state index in [0.717, 1.165) is 23.5 Å². The summed E-state index contributed by atoms with van der Waals surface area (Å²) in [6.45, 7) is 4.04. The first-order valence-electron chi connectivity index (χ1n) is 9.23. The number of aromatic nitrogens is 3. The van der Waals surface area contributed by atoms with Crippen molar-refractivity contribution in [2.24, 2.45) is 0 Å². The van der Waals surface area contributed by atoms with Gasteiger partial charge in [-0.1, -0.05) is 66.7 Å². The summed E-state index contributed by atoms with van der Waals surface area (Å²) in [5, 5.41) is 13.0. The Hall–Kier alpha value is -2.31. The van der Waals surface area contributed by atoms with Crippen molar-refractivity contribution in [3.63, 3.8) is 0 Å². The summed E-state index contributed by atoms with van der Waals surface area (Å²) in [5.41, 5.74) is 2.03. The van der Waals surface area contributed by atoms with Crippen LogP contribution in [0.5, 0.6) is 0 Å². The van der Waals surface area contributed by atoms with Crippen LogP contribution in [-0.4, -0.2) is 32.5 Å². The molecule has 0 fully saturated rings. The van der Waals surface area contributed by atoms with Gasteiger partial charge in [-0.05, 0) is 37.1 Å². The zero-order valence-electron chi connectivity index (χ0n) is 15.9. The molecule has 3 aromatic rings. The highest BCUT2D eigenvalue weighted by molar-refractivity contribution is 7.99. The van der Waals surface area contributed by atoms with E-state index in [-0.39, 0.29) is 17.7 Å². The maximum Gasteiger partial charge on any atom is 0.230 e. The van der Waals surface area contributed by atoms with Crippen molar-refractivity contribution in [3.8, 4) is 5.69 Å². The minimum absolute atomic E-state index is 0.00963. The molecule has 0 spiro atoms. The molecule has 0 radical (unpaired) electrons. The Morgan fingerprint density at radius 1 is 1.18 bits per heavy atom. The van der Waals surface area contributed by atoms with Gasteiger partial charge in [-0.15, -0.1) is 10.2 Å². The minimum Gasteiger partial charge on any atom is -0.353 e. The van der Waals surface area contributed by atoms with E-state index in [0.29, 0.717) is 16.6 Å². The van der Waals surface area contributed by atoms with Crippen LogP contribution < -0.4 is 5.32 Å². The summed E-state index contributed by atoms with van der Waals surface area (Å²) in [6.07, 6.45) is 1.54. The monoisotopic (exact) mass is 414 g/mol. The lowest BCUT2D eigenvalue weighted by Gasteiger charge is -2.12. The lowest BCUT2D eigenvalue weighted by Crippen LogP contribution is -2.33. The molecular weight excluding hydrogens is 392 g/mol. The Bertz CT molecular complexity index is 929. The molecule has 0 aliphatic heterocycles. The number of carbonyl (C=O) groups is 1. The van der Waals surface area contributed by atoms with Crippen LogP contribution in [0.3, 0.4) is 0 Å². The summed E-state index contributed by atoms with van der Waals surface area (Å²) in [5.74, 6) is 1.08. The number of halogens is 1. The Morgan fingerprint density at radius 3 is 2.68 bits per heavy atom. The molecule has 28 heavy (non-hydrogen) atoms. The molecule has 0 saturated heterocycles. The van der Waals surface area contributed by atoms with E-state index in [2.05, 4.69) is 27.6 Å². The van der Waals surface area contributed by atoms with Gasteiger partial charge >= 0.3 is 0 Å². The Balaban J connectivity index is 1.86. The summed E-state index contributed by atoms with van der Waals surface area (Å²) in [7, 11) is 0. The molecule has 0 saturated carbocycles. The Labute approximate surface area is 174 Å². The molecule has 0 bridgehead atoms. The smallest absolute Gasteiger partial charge is 0.230 e. The number of rotatable bonds is 8. The number of amides is 1. The molecule has 7 heteroatoms. The zero-order valence-corrected chi connectivity index (χ0v) is 17.5. The van der Waals surface area contributed by atoms with Crippen LogP contribution in [0.2, 0.25) is 5.02 Å². The molecule has 146 valence electrons. The zero-order chi connectivity index (χ0) is 19.9. The number of nitrogens with one attached hydrogen (secondary N) is 1. The SMILES string of the molecule is CCC(C)NC(=O)CSc1nnc(Cc2ccccc2)n1-c1cccc(Cl)c1. The molecule has 1 amide bonds. The number of nitrogens with zero attached hydrogens (tertiary/aromatic N) is 3. The van der Waals surface area contributed by atoms with E-state index in [9.17, 15) is 4.79 Å². The van der Waals surface area contributed by atoms with Crippen LogP contribution >= 0.6 is 23.4 Å². The van der Waals surface area contributed by atoms with Crippen LogP contribution in [0, 0.1) is 0 Å². The van der Waals surface area contributed by atoms with Gasteiger partial charge in [0.15, 0.2) is 5.16 Å². The van der Waals surface area contributed by atoms with Crippen LogP contribution in [0.4, 0.5) is 0 Å². The van der Waals surface area contributed by atoms with Gasteiger partial charge in [0, 0.05) is 17.5 Å². The van der Waals surface area contributed by atoms with Gasteiger partial charge in [0.25, 0.3) is 0 Å². The average molecular weight is 415 g/mol. The maximum absolute atomic E-state index is 12.2. The standard InChI is InChI=1S/C21H23ClN4OS/c1-3-15(2)23-20(27)14-28-21-25-24-19(12-16-8-5-4-6-9-16)26(21)18-11-7-10-17(22)13-18/h4-11,13,15H,3,12,14H2,1-2H3,(H,23,27). The van der Waals surface area contributed by atoms with Crippen molar-refractivity contribution in [3.05, 3.63) is 71.0 Å². The van der Waals surface area contributed by atoms with E-state index < -0.39 is 0 Å². The van der Waals surface area contributed by atoms with Crippen molar-refractivity contribution in [1.82, 2.24) is 20.1 Å². The molecule has 5 nitrogen and oxygen atoms in total. The lowest BCUT2D eigenvalue weighted by atomic mass is 10.1. The molecule has 1 atom stereocenters. The number of carbonyl (C=O) groups excluding carboxylic acids is 1. The predicted octanol–water partition coefficient (Wildman–Crippen LogP) is 4.52. The first kappa shape index (κ1) is 20.4. The van der Waals surface area contributed by atoms with E-state index in [4.69, 9.17) is 11.6 Å². The molecule has 1 unspecified atom stereocenters. The molecular formula is C21H23ClN4OS. The predicted molar refractivity (Wildman–Crippen MR) is 114 cm³/mol. The van der Waals surface area contributed by atoms with E-state index in [1.54, 1.807) is 0 Å². The number of hydrogen-bond donors (Lipinski definition) is 1. The largest absolute Gasteiger partial charge is 0.353 e. The van der Waals surface area contributed by atoms with Gasteiger partial charge in [0.2, 0.25) is 5.91 Å². The third-order valence-corrected chi connectivity index (χ3v) is 5.49. The van der Waals surface area contributed by atoms with Gasteiger partial charge in [-0.25, -0.2) is 0 Å². The maximum atomic E-state index is 12.2. The quantitative estimate of drug-likeness (QED) is 0.550. The van der Waals surface area contributed by atoms with Crippen molar-refractivity contribution < 1.29 is 4.79 Å². The number of hydrogen-bond acceptors (Lipinski definition) is 4. The van der Waals surface area contributed by atoms with Crippen molar-refractivity contribution >= 4 is 29.3 Å². The van der Waals surface area contributed by atoms with Gasteiger partial charge in [0.1, 0.15) is 5.82 Å². The molecule has 0 aliphatic carbocycles. The highest BCUT2D eigenvalue weighted by atomic mass is 35.5. The topological polar surface area (TPSA) is 59.8 Å². The second-order valence-electron chi connectivity index (χ2n) is 6.54. The molecule has 1 N–H and O–H groups in total. The van der Waals surface area contributed by atoms with Crippen LogP contribution in [0.15, 0.2) is 59.8 Å². The molecule has 1 aromatic heterocycles. The van der Waals surface area contributed by atoms with E-state index in [1.165, 1.54) is 11.8 Å². The number of benzene rings is 2. The highest BCUT2D eigenvalue weighted by Gasteiger charge is 2.17. The number of thioether (sulfide) groups is 1. The Kier molecular flexibility index (Phi) is 7.12. The van der Waals surface area contributed by atoms with Gasteiger partial charge in [-0.2, -0.15) is 0 Å². The Morgan fingerprint density at radius 2 is 1.96 bits per heavy atom. The first-order valence-corrected chi connectivity index (χ1v) is 10.6. The molecule has 1 heterocycles. The normalized spacial score (nSPS) is 12.0. The highest BCUT2D eigenvalue weighted by Crippen LogP contribution is 2.25. The van der Waals surface area contributed by atoms with Crippen molar-refractivity contribution in [2.75, 3.05) is 5.75 Å². The van der Waals surface area contributed by atoms with Crippen molar-refractivity contribution in [1.29, 1.82) is 0 Å². The second kappa shape index (κ2) is 9.75. The van der Waals surface area contributed by atoms with Gasteiger partial charge < -0.3 is 5.32 Å². The van der Waals surface area contributed by atoms with Crippen LogP contribution in [-0.2, 0) is 11.2 Å². The van der Waals surface area contributed by atoms with Crippen LogP contribution in [0.1, 0.15) is 31.7 Å². The summed E-state index contributed by atoms with van der Waals surface area (Å²) >= 11 is 7.58. The molecule has 3 rings (SSSR count). The van der Waals surface area contributed by atoms with Crippen molar-refractivity contribution in [2.45, 2.75) is 37.9 Å². The average Bonchev–Trinajstić information content (AvgIpc) is 3.09. The summed E-state index contributed by atoms with van der Waals surface area (Å²) < 4.78 is 1.97. The summed E-state index contributed by atoms with van der Waals surface area (Å²) in [6, 6.07) is 17.8. The van der Waals surface area contributed by atoms with E-state index in [1.807, 2.05) is 60.9 Å². The van der Waals surface area contributed by atoms with Gasteiger partial charge in [0.05, 0.1) is 11.4 Å². The third kappa shape index (κ3) is 5.36.